The monoisotopic (exact) mass is 184 g/mol. The van der Waals surface area contributed by atoms with Crippen LogP contribution in [-0.4, -0.2) is 36.5 Å². The number of carbonyl (C=O) groups excluding carboxylic acids is 1. The minimum Gasteiger partial charge on any atom is -0.337 e. The first-order chi connectivity index (χ1) is 5.93. The molecular weight excluding hydrogens is 164 g/mol. The van der Waals surface area contributed by atoms with E-state index in [0.717, 1.165) is 13.1 Å². The van der Waals surface area contributed by atoms with E-state index in [0.29, 0.717) is 12.6 Å². The standard InChI is InChI=1S/C10H20N2O/c1-8(10(2,3)4)12-6-5-11-7-9(12)13/h8,11H,5-7H2,1-4H3. The summed E-state index contributed by atoms with van der Waals surface area (Å²) in [5, 5.41) is 3.08. The molecule has 0 aromatic carbocycles. The minimum absolute atomic E-state index is 0.174. The van der Waals surface area contributed by atoms with Crippen LogP contribution in [0.25, 0.3) is 0 Å². The number of nitrogens with zero attached hydrogens (tertiary/aromatic N) is 1. The first-order valence-corrected chi connectivity index (χ1v) is 4.93. The third-order valence-corrected chi connectivity index (χ3v) is 2.85. The highest BCUT2D eigenvalue weighted by Crippen LogP contribution is 2.24. The average molecular weight is 184 g/mol. The summed E-state index contributed by atoms with van der Waals surface area (Å²) in [6.07, 6.45) is 0. The summed E-state index contributed by atoms with van der Waals surface area (Å²) >= 11 is 0. The van der Waals surface area contributed by atoms with Gasteiger partial charge >= 0.3 is 0 Å². The molecule has 1 atom stereocenters. The summed E-state index contributed by atoms with van der Waals surface area (Å²) in [6.45, 7) is 10.9. The quantitative estimate of drug-likeness (QED) is 0.655. The molecule has 1 N–H and O–H groups in total. The normalized spacial score (nSPS) is 21.8. The summed E-state index contributed by atoms with van der Waals surface area (Å²) in [4.78, 5) is 13.5. The molecule has 0 spiro atoms. The Balaban J connectivity index is 2.64. The summed E-state index contributed by atoms with van der Waals surface area (Å²) in [6, 6.07) is 0.321. The van der Waals surface area contributed by atoms with Gasteiger partial charge in [0, 0.05) is 19.1 Å². The van der Waals surface area contributed by atoms with Crippen LogP contribution < -0.4 is 5.32 Å². The van der Waals surface area contributed by atoms with E-state index in [9.17, 15) is 4.79 Å². The van der Waals surface area contributed by atoms with Crippen molar-refractivity contribution in [3.05, 3.63) is 0 Å². The van der Waals surface area contributed by atoms with Gasteiger partial charge in [-0.2, -0.15) is 0 Å². The van der Waals surface area contributed by atoms with Gasteiger partial charge < -0.3 is 10.2 Å². The molecule has 0 saturated carbocycles. The zero-order chi connectivity index (χ0) is 10.1. The van der Waals surface area contributed by atoms with Gasteiger partial charge in [-0.1, -0.05) is 20.8 Å². The number of amides is 1. The van der Waals surface area contributed by atoms with E-state index in [2.05, 4.69) is 33.0 Å². The fourth-order valence-corrected chi connectivity index (χ4v) is 1.50. The second-order valence-corrected chi connectivity index (χ2v) is 4.81. The molecule has 0 aromatic rings. The number of rotatable bonds is 1. The molecule has 76 valence electrons. The molecule has 1 heterocycles. The molecule has 1 aliphatic rings. The van der Waals surface area contributed by atoms with E-state index in [4.69, 9.17) is 0 Å². The molecule has 0 aliphatic carbocycles. The lowest BCUT2D eigenvalue weighted by Gasteiger charge is -2.40. The van der Waals surface area contributed by atoms with Crippen LogP contribution in [-0.2, 0) is 4.79 Å². The Labute approximate surface area is 80.5 Å². The predicted molar refractivity (Wildman–Crippen MR) is 53.5 cm³/mol. The highest BCUT2D eigenvalue weighted by molar-refractivity contribution is 5.79. The number of hydrogen-bond acceptors (Lipinski definition) is 2. The molecule has 1 aliphatic heterocycles. The topological polar surface area (TPSA) is 32.3 Å². The Morgan fingerprint density at radius 3 is 2.54 bits per heavy atom. The van der Waals surface area contributed by atoms with Gasteiger partial charge in [-0.25, -0.2) is 0 Å². The van der Waals surface area contributed by atoms with Crippen molar-refractivity contribution in [2.45, 2.75) is 33.7 Å². The van der Waals surface area contributed by atoms with Crippen molar-refractivity contribution in [1.29, 1.82) is 0 Å². The molecule has 3 heteroatoms. The maximum Gasteiger partial charge on any atom is 0.236 e. The summed E-state index contributed by atoms with van der Waals surface area (Å²) in [5.74, 6) is 0.230. The molecule has 0 bridgehead atoms. The highest BCUT2D eigenvalue weighted by Gasteiger charge is 2.30. The summed E-state index contributed by atoms with van der Waals surface area (Å²) < 4.78 is 0. The Morgan fingerprint density at radius 2 is 2.08 bits per heavy atom. The van der Waals surface area contributed by atoms with Crippen molar-refractivity contribution < 1.29 is 4.79 Å². The van der Waals surface area contributed by atoms with Gasteiger partial charge in [0.2, 0.25) is 5.91 Å². The van der Waals surface area contributed by atoms with Crippen LogP contribution in [0.2, 0.25) is 0 Å². The molecule has 1 unspecified atom stereocenters. The Bertz CT molecular complexity index is 196. The molecule has 1 rings (SSSR count). The van der Waals surface area contributed by atoms with Gasteiger partial charge in [-0.3, -0.25) is 4.79 Å². The number of nitrogens with one attached hydrogen (secondary N) is 1. The third kappa shape index (κ3) is 2.44. The fraction of sp³-hybridized carbons (Fsp3) is 0.900. The van der Waals surface area contributed by atoms with Crippen molar-refractivity contribution in [1.82, 2.24) is 10.2 Å². The van der Waals surface area contributed by atoms with E-state index in [-0.39, 0.29) is 11.3 Å². The first-order valence-electron chi connectivity index (χ1n) is 4.93. The molecule has 1 fully saturated rings. The van der Waals surface area contributed by atoms with E-state index < -0.39 is 0 Å². The summed E-state index contributed by atoms with van der Waals surface area (Å²) in [5.41, 5.74) is 0.174. The SMILES string of the molecule is CC(N1CCNCC1=O)C(C)(C)C. The van der Waals surface area contributed by atoms with Crippen LogP contribution in [0.4, 0.5) is 0 Å². The number of carbonyl (C=O) groups is 1. The zero-order valence-corrected chi connectivity index (χ0v) is 9.05. The van der Waals surface area contributed by atoms with E-state index in [1.807, 2.05) is 4.90 Å². The Morgan fingerprint density at radius 1 is 1.46 bits per heavy atom. The Kier molecular flexibility index (Phi) is 2.96. The van der Waals surface area contributed by atoms with Crippen molar-refractivity contribution in [2.24, 2.45) is 5.41 Å². The van der Waals surface area contributed by atoms with Crippen LogP contribution in [0.1, 0.15) is 27.7 Å². The second-order valence-electron chi connectivity index (χ2n) is 4.81. The predicted octanol–water partition coefficient (Wildman–Crippen LogP) is 0.853. The van der Waals surface area contributed by atoms with Crippen molar-refractivity contribution in [2.75, 3.05) is 19.6 Å². The molecular formula is C10H20N2O. The van der Waals surface area contributed by atoms with Gasteiger partial charge in [0.15, 0.2) is 0 Å². The van der Waals surface area contributed by atoms with Crippen LogP contribution in [0.3, 0.4) is 0 Å². The lowest BCUT2D eigenvalue weighted by Crippen LogP contribution is -2.54. The number of piperazine rings is 1. The molecule has 3 nitrogen and oxygen atoms in total. The zero-order valence-electron chi connectivity index (χ0n) is 9.05. The van der Waals surface area contributed by atoms with Crippen LogP contribution in [0.15, 0.2) is 0 Å². The maximum absolute atomic E-state index is 11.5. The molecule has 13 heavy (non-hydrogen) atoms. The van der Waals surface area contributed by atoms with E-state index >= 15 is 0 Å². The number of hydrogen-bond donors (Lipinski definition) is 1. The third-order valence-electron chi connectivity index (χ3n) is 2.85. The molecule has 0 radical (unpaired) electrons. The maximum atomic E-state index is 11.5. The molecule has 1 saturated heterocycles. The highest BCUT2D eigenvalue weighted by atomic mass is 16.2. The van der Waals surface area contributed by atoms with Gasteiger partial charge in [-0.15, -0.1) is 0 Å². The summed E-state index contributed by atoms with van der Waals surface area (Å²) in [7, 11) is 0. The van der Waals surface area contributed by atoms with Crippen LogP contribution in [0, 0.1) is 5.41 Å². The van der Waals surface area contributed by atoms with E-state index in [1.54, 1.807) is 0 Å². The van der Waals surface area contributed by atoms with E-state index in [1.165, 1.54) is 0 Å². The largest absolute Gasteiger partial charge is 0.337 e. The van der Waals surface area contributed by atoms with Gasteiger partial charge in [0.1, 0.15) is 0 Å². The molecule has 1 amide bonds. The van der Waals surface area contributed by atoms with Crippen molar-refractivity contribution in [3.63, 3.8) is 0 Å². The smallest absolute Gasteiger partial charge is 0.236 e. The second kappa shape index (κ2) is 3.66. The molecule has 0 aromatic heterocycles. The van der Waals surface area contributed by atoms with Gasteiger partial charge in [0.25, 0.3) is 0 Å². The van der Waals surface area contributed by atoms with Crippen LogP contribution in [0.5, 0.6) is 0 Å². The van der Waals surface area contributed by atoms with Gasteiger partial charge in [-0.05, 0) is 12.3 Å². The van der Waals surface area contributed by atoms with Gasteiger partial charge in [0.05, 0.1) is 6.54 Å². The average Bonchev–Trinajstić information content (AvgIpc) is 2.02. The lowest BCUT2D eigenvalue weighted by molar-refractivity contribution is -0.136. The van der Waals surface area contributed by atoms with Crippen molar-refractivity contribution in [3.8, 4) is 0 Å². The minimum atomic E-state index is 0.174. The van der Waals surface area contributed by atoms with Crippen LogP contribution >= 0.6 is 0 Å². The first kappa shape index (κ1) is 10.5. The van der Waals surface area contributed by atoms with Crippen molar-refractivity contribution >= 4 is 5.91 Å². The lowest BCUT2D eigenvalue weighted by atomic mass is 9.86. The Hall–Kier alpha value is -0.570. The fourth-order valence-electron chi connectivity index (χ4n) is 1.50.